The average Bonchev–Trinajstić information content (AvgIpc) is 3.14. The van der Waals surface area contributed by atoms with Crippen molar-refractivity contribution in [2.45, 2.75) is 44.4 Å². The van der Waals surface area contributed by atoms with E-state index in [1.54, 1.807) is 37.4 Å². The summed E-state index contributed by atoms with van der Waals surface area (Å²) >= 11 is 0. The van der Waals surface area contributed by atoms with Crippen molar-refractivity contribution in [1.29, 1.82) is 0 Å². The van der Waals surface area contributed by atoms with Gasteiger partial charge in [-0.05, 0) is 41.5 Å². The Bertz CT molecular complexity index is 1360. The van der Waals surface area contributed by atoms with Crippen LogP contribution in [0.2, 0.25) is 0 Å². The fourth-order valence-electron chi connectivity index (χ4n) is 3.69. The van der Waals surface area contributed by atoms with Gasteiger partial charge in [0.1, 0.15) is 6.23 Å². The fraction of sp³-hybridized carbons (Fsp3) is 0.364. The lowest BCUT2D eigenvalue weighted by atomic mass is 10.1. The fourth-order valence-corrected chi connectivity index (χ4v) is 5.17. The Morgan fingerprint density at radius 1 is 1.18 bits per heavy atom. The highest BCUT2D eigenvalue weighted by atomic mass is 32.2. The second-order valence-electron chi connectivity index (χ2n) is 7.83. The molecule has 33 heavy (non-hydrogen) atoms. The molecule has 174 valence electrons. The van der Waals surface area contributed by atoms with Crippen molar-refractivity contribution < 1.29 is 13.2 Å². The Labute approximate surface area is 191 Å². The van der Waals surface area contributed by atoms with Crippen LogP contribution < -0.4 is 11.1 Å². The van der Waals surface area contributed by atoms with E-state index in [-0.39, 0.29) is 18.0 Å². The lowest BCUT2D eigenvalue weighted by Crippen LogP contribution is -2.30. The highest BCUT2D eigenvalue weighted by molar-refractivity contribution is 7.91. The molecule has 10 nitrogen and oxygen atoms in total. The van der Waals surface area contributed by atoms with E-state index in [0.717, 1.165) is 11.1 Å². The summed E-state index contributed by atoms with van der Waals surface area (Å²) in [6, 6.07) is 12.5. The highest BCUT2D eigenvalue weighted by Crippen LogP contribution is 2.25. The SMILES string of the molecule is CCC(N/N=C1\CCS(=O)(=O)c2ccccc21)OCc1c(C)cccc1-n1nnn(C)c1=O. The number of nitrogens with one attached hydrogen (secondary N) is 1. The molecule has 1 atom stereocenters. The number of hydrazone groups is 1. The van der Waals surface area contributed by atoms with Crippen molar-refractivity contribution in [1.82, 2.24) is 25.2 Å². The zero-order valence-electron chi connectivity index (χ0n) is 18.7. The third kappa shape index (κ3) is 4.60. The van der Waals surface area contributed by atoms with Crippen LogP contribution in [-0.2, 0) is 28.2 Å². The van der Waals surface area contributed by atoms with Gasteiger partial charge in [0, 0.05) is 24.6 Å². The van der Waals surface area contributed by atoms with Crippen molar-refractivity contribution in [2.24, 2.45) is 12.1 Å². The van der Waals surface area contributed by atoms with Crippen molar-refractivity contribution in [3.8, 4) is 5.69 Å². The number of benzene rings is 2. The molecule has 0 saturated heterocycles. The molecule has 11 heteroatoms. The zero-order valence-corrected chi connectivity index (χ0v) is 19.5. The number of hydrogen-bond acceptors (Lipinski definition) is 8. The van der Waals surface area contributed by atoms with Gasteiger partial charge in [-0.15, -0.1) is 0 Å². The summed E-state index contributed by atoms with van der Waals surface area (Å²) in [4.78, 5) is 12.6. The Kier molecular flexibility index (Phi) is 6.43. The second-order valence-corrected chi connectivity index (χ2v) is 9.91. The summed E-state index contributed by atoms with van der Waals surface area (Å²) in [5.74, 6) is 0.0294. The molecule has 1 N–H and O–H groups in total. The smallest absolute Gasteiger partial charge is 0.352 e. The number of ether oxygens (including phenoxy) is 1. The van der Waals surface area contributed by atoms with Gasteiger partial charge in [-0.25, -0.2) is 13.2 Å². The zero-order chi connectivity index (χ0) is 23.6. The van der Waals surface area contributed by atoms with Gasteiger partial charge in [-0.1, -0.05) is 37.3 Å². The minimum absolute atomic E-state index is 0.0294. The minimum atomic E-state index is -3.28. The Morgan fingerprint density at radius 2 is 1.97 bits per heavy atom. The van der Waals surface area contributed by atoms with E-state index in [2.05, 4.69) is 21.0 Å². The van der Waals surface area contributed by atoms with Crippen LogP contribution in [0.15, 0.2) is 57.3 Å². The molecule has 1 aliphatic heterocycles. The molecule has 0 aliphatic carbocycles. The first-order valence-corrected chi connectivity index (χ1v) is 12.3. The van der Waals surface area contributed by atoms with Crippen molar-refractivity contribution >= 4 is 15.5 Å². The van der Waals surface area contributed by atoms with Crippen LogP contribution in [-0.4, -0.2) is 45.9 Å². The average molecular weight is 471 g/mol. The highest BCUT2D eigenvalue weighted by Gasteiger charge is 2.27. The molecule has 0 bridgehead atoms. The summed E-state index contributed by atoms with van der Waals surface area (Å²) in [6.45, 7) is 4.13. The van der Waals surface area contributed by atoms with Crippen LogP contribution in [0.4, 0.5) is 0 Å². The van der Waals surface area contributed by atoms with Gasteiger partial charge >= 0.3 is 5.69 Å². The first-order chi connectivity index (χ1) is 15.8. The first-order valence-electron chi connectivity index (χ1n) is 10.7. The predicted octanol–water partition coefficient (Wildman–Crippen LogP) is 1.70. The summed E-state index contributed by atoms with van der Waals surface area (Å²) < 4.78 is 33.2. The van der Waals surface area contributed by atoms with E-state index < -0.39 is 16.1 Å². The Morgan fingerprint density at radius 3 is 2.70 bits per heavy atom. The first kappa shape index (κ1) is 22.9. The van der Waals surface area contributed by atoms with Crippen LogP contribution in [0.3, 0.4) is 0 Å². The Hall–Kier alpha value is -3.31. The number of sulfone groups is 1. The molecule has 2 aromatic carbocycles. The minimum Gasteiger partial charge on any atom is -0.352 e. The number of aromatic nitrogens is 4. The number of nitrogens with zero attached hydrogens (tertiary/aromatic N) is 5. The molecular weight excluding hydrogens is 444 g/mol. The number of aryl methyl sites for hydroxylation is 2. The number of tetrazole rings is 1. The van der Waals surface area contributed by atoms with E-state index in [1.165, 1.54) is 9.36 Å². The maximum atomic E-state index is 12.3. The van der Waals surface area contributed by atoms with Gasteiger partial charge < -0.3 is 4.74 Å². The maximum Gasteiger partial charge on any atom is 0.368 e. The number of fused-ring (bicyclic) bond motifs is 1. The standard InChI is InChI=1S/C22H26N6O4S/c1-4-21(24-23-18-12-13-33(30,31)20-11-6-5-9-16(18)20)32-14-17-15(2)8-7-10-19(17)28-22(29)27(3)25-26-28/h5-11,21,24H,4,12-14H2,1-3H3/b23-18+. The van der Waals surface area contributed by atoms with Crippen LogP contribution in [0.5, 0.6) is 0 Å². The second kappa shape index (κ2) is 9.28. The largest absolute Gasteiger partial charge is 0.368 e. The molecule has 1 aromatic heterocycles. The van der Waals surface area contributed by atoms with Gasteiger partial charge in [0.25, 0.3) is 0 Å². The quantitative estimate of drug-likeness (QED) is 0.412. The van der Waals surface area contributed by atoms with E-state index >= 15 is 0 Å². The molecule has 0 radical (unpaired) electrons. The van der Waals surface area contributed by atoms with Gasteiger partial charge in [0.15, 0.2) is 9.84 Å². The summed E-state index contributed by atoms with van der Waals surface area (Å²) in [6.07, 6.45) is 0.554. The third-order valence-electron chi connectivity index (χ3n) is 5.62. The van der Waals surface area contributed by atoms with Crippen LogP contribution >= 0.6 is 0 Å². The van der Waals surface area contributed by atoms with Gasteiger partial charge in [-0.2, -0.15) is 14.5 Å². The molecular formula is C22H26N6O4S. The van der Waals surface area contributed by atoms with Crippen LogP contribution in [0, 0.1) is 6.92 Å². The molecule has 2 heterocycles. The molecule has 1 aliphatic rings. The molecule has 4 rings (SSSR count). The van der Waals surface area contributed by atoms with Gasteiger partial charge in [0.2, 0.25) is 0 Å². The topological polar surface area (TPSA) is 120 Å². The lowest BCUT2D eigenvalue weighted by molar-refractivity contribution is 0.0157. The molecule has 0 spiro atoms. The molecule has 0 amide bonds. The molecule has 3 aromatic rings. The van der Waals surface area contributed by atoms with E-state index in [9.17, 15) is 13.2 Å². The normalized spacial score (nSPS) is 17.0. The Balaban J connectivity index is 1.53. The van der Waals surface area contributed by atoms with E-state index in [0.29, 0.717) is 34.7 Å². The predicted molar refractivity (Wildman–Crippen MR) is 123 cm³/mol. The lowest BCUT2D eigenvalue weighted by Gasteiger charge is -2.21. The number of hydrogen-bond donors (Lipinski definition) is 1. The van der Waals surface area contributed by atoms with Crippen molar-refractivity contribution in [3.63, 3.8) is 0 Å². The monoisotopic (exact) mass is 470 g/mol. The van der Waals surface area contributed by atoms with Crippen molar-refractivity contribution in [2.75, 3.05) is 5.75 Å². The third-order valence-corrected chi connectivity index (χ3v) is 7.39. The van der Waals surface area contributed by atoms with Gasteiger partial charge in [0.05, 0.1) is 28.7 Å². The van der Waals surface area contributed by atoms with Gasteiger partial charge in [-0.3, -0.25) is 5.43 Å². The molecule has 1 unspecified atom stereocenters. The maximum absolute atomic E-state index is 12.3. The van der Waals surface area contributed by atoms with E-state index in [1.807, 2.05) is 26.0 Å². The summed E-state index contributed by atoms with van der Waals surface area (Å²) in [5, 5.41) is 12.2. The van der Waals surface area contributed by atoms with E-state index in [4.69, 9.17) is 4.74 Å². The molecule has 0 fully saturated rings. The number of rotatable bonds is 7. The summed E-state index contributed by atoms with van der Waals surface area (Å²) in [5.41, 5.74) is 6.39. The van der Waals surface area contributed by atoms with Crippen LogP contribution in [0.1, 0.15) is 36.5 Å². The van der Waals surface area contributed by atoms with Crippen molar-refractivity contribution in [3.05, 3.63) is 69.6 Å². The molecule has 0 saturated carbocycles. The summed E-state index contributed by atoms with van der Waals surface area (Å²) in [7, 11) is -1.74. The van der Waals surface area contributed by atoms with Crippen LogP contribution in [0.25, 0.3) is 5.69 Å².